The third kappa shape index (κ3) is 0.779. The fourth-order valence-corrected chi connectivity index (χ4v) is 2.16. The number of nitrogens with zero attached hydrogens (tertiary/aromatic N) is 1. The molecule has 0 amide bonds. The van der Waals surface area contributed by atoms with Gasteiger partial charge in [0.25, 0.3) is 0 Å². The molecule has 2 fully saturated rings. The van der Waals surface area contributed by atoms with Gasteiger partial charge in [0.2, 0.25) is 0 Å². The van der Waals surface area contributed by atoms with Gasteiger partial charge in [-0.15, -0.1) is 0 Å². The summed E-state index contributed by atoms with van der Waals surface area (Å²) in [6.45, 7) is 2.13. The van der Waals surface area contributed by atoms with Crippen molar-refractivity contribution in [3.05, 3.63) is 0 Å². The predicted octanol–water partition coefficient (Wildman–Crippen LogP) is -0.847. The molecule has 3 N–H and O–H groups in total. The molecule has 0 aromatic carbocycles. The number of nitrogens with two attached hydrogens (primary N) is 1. The van der Waals surface area contributed by atoms with Gasteiger partial charge >= 0.3 is 0 Å². The average Bonchev–Trinajstić information content (AvgIpc) is 2.40. The van der Waals surface area contributed by atoms with Crippen LogP contribution in [0, 0.1) is 0 Å². The van der Waals surface area contributed by atoms with E-state index in [1.165, 1.54) is 0 Å². The number of aliphatic hydroxyl groups is 1. The van der Waals surface area contributed by atoms with Gasteiger partial charge in [-0.2, -0.15) is 0 Å². The monoisotopic (exact) mass is 142 g/mol. The Morgan fingerprint density at radius 1 is 1.30 bits per heavy atom. The molecule has 3 atom stereocenters. The van der Waals surface area contributed by atoms with Crippen LogP contribution in [0.4, 0.5) is 0 Å². The van der Waals surface area contributed by atoms with Crippen LogP contribution >= 0.6 is 0 Å². The molecule has 10 heavy (non-hydrogen) atoms. The Hall–Kier alpha value is -0.120. The van der Waals surface area contributed by atoms with E-state index in [2.05, 4.69) is 4.90 Å². The summed E-state index contributed by atoms with van der Waals surface area (Å²) < 4.78 is 0. The molecule has 3 unspecified atom stereocenters. The highest BCUT2D eigenvalue weighted by atomic mass is 16.3. The second-order valence-electron chi connectivity index (χ2n) is 3.34. The fourth-order valence-electron chi connectivity index (χ4n) is 2.16. The SMILES string of the molecule is NC1CCN2CCC(O)C12. The molecule has 58 valence electrons. The minimum Gasteiger partial charge on any atom is -0.391 e. The fraction of sp³-hybridized carbons (Fsp3) is 1.00. The maximum atomic E-state index is 9.45. The molecule has 0 aromatic heterocycles. The van der Waals surface area contributed by atoms with Crippen LogP contribution in [0.25, 0.3) is 0 Å². The van der Waals surface area contributed by atoms with Crippen LogP contribution in [0.3, 0.4) is 0 Å². The lowest BCUT2D eigenvalue weighted by atomic mass is 10.1. The molecule has 2 heterocycles. The summed E-state index contributed by atoms with van der Waals surface area (Å²) in [6, 6.07) is 0.498. The van der Waals surface area contributed by atoms with E-state index in [1.54, 1.807) is 0 Å². The second-order valence-corrected chi connectivity index (χ2v) is 3.34. The highest BCUT2D eigenvalue weighted by Gasteiger charge is 2.40. The van der Waals surface area contributed by atoms with Gasteiger partial charge in [0.15, 0.2) is 0 Å². The van der Waals surface area contributed by atoms with E-state index in [0.717, 1.165) is 25.9 Å². The molecular formula is C7H14N2O. The van der Waals surface area contributed by atoms with Crippen molar-refractivity contribution in [3.8, 4) is 0 Å². The molecule has 0 bridgehead atoms. The van der Waals surface area contributed by atoms with Crippen LogP contribution in [0.5, 0.6) is 0 Å². The molecule has 0 radical (unpaired) electrons. The Balaban J connectivity index is 2.11. The Labute approximate surface area is 60.8 Å². The topological polar surface area (TPSA) is 49.5 Å². The first-order chi connectivity index (χ1) is 4.79. The number of hydrogen-bond acceptors (Lipinski definition) is 3. The van der Waals surface area contributed by atoms with Crippen molar-refractivity contribution < 1.29 is 5.11 Å². The van der Waals surface area contributed by atoms with Gasteiger partial charge in [0, 0.05) is 19.1 Å². The van der Waals surface area contributed by atoms with Crippen LogP contribution < -0.4 is 5.73 Å². The summed E-state index contributed by atoms with van der Waals surface area (Å²) in [6.07, 6.45) is 1.82. The molecule has 3 nitrogen and oxygen atoms in total. The minimum atomic E-state index is -0.155. The third-order valence-corrected chi connectivity index (χ3v) is 2.72. The smallest absolute Gasteiger partial charge is 0.0722 e. The first kappa shape index (κ1) is 6.58. The largest absolute Gasteiger partial charge is 0.391 e. The molecule has 3 heteroatoms. The Kier molecular flexibility index (Phi) is 1.44. The van der Waals surface area contributed by atoms with Crippen molar-refractivity contribution in [1.82, 2.24) is 4.90 Å². The number of aliphatic hydroxyl groups excluding tert-OH is 1. The average molecular weight is 142 g/mol. The van der Waals surface area contributed by atoms with Gasteiger partial charge in [-0.25, -0.2) is 0 Å². The summed E-state index contributed by atoms with van der Waals surface area (Å²) >= 11 is 0. The Morgan fingerprint density at radius 3 is 2.70 bits per heavy atom. The Morgan fingerprint density at radius 2 is 2.00 bits per heavy atom. The first-order valence-corrected chi connectivity index (χ1v) is 3.97. The lowest BCUT2D eigenvalue weighted by Crippen LogP contribution is -2.41. The van der Waals surface area contributed by atoms with Crippen molar-refractivity contribution in [3.63, 3.8) is 0 Å². The molecule has 2 aliphatic heterocycles. The minimum absolute atomic E-state index is 0.155. The molecule has 0 spiro atoms. The van der Waals surface area contributed by atoms with E-state index in [-0.39, 0.29) is 18.2 Å². The quantitative estimate of drug-likeness (QED) is 0.463. The molecule has 0 saturated carbocycles. The van der Waals surface area contributed by atoms with Crippen LogP contribution in [0.1, 0.15) is 12.8 Å². The van der Waals surface area contributed by atoms with Gasteiger partial charge in [-0.05, 0) is 12.8 Å². The zero-order chi connectivity index (χ0) is 7.14. The van der Waals surface area contributed by atoms with Gasteiger partial charge < -0.3 is 10.8 Å². The first-order valence-electron chi connectivity index (χ1n) is 3.97. The molecular weight excluding hydrogens is 128 g/mol. The van der Waals surface area contributed by atoms with E-state index >= 15 is 0 Å². The molecule has 0 aromatic rings. The maximum absolute atomic E-state index is 9.45. The van der Waals surface area contributed by atoms with Crippen molar-refractivity contribution in [2.24, 2.45) is 5.73 Å². The van der Waals surface area contributed by atoms with E-state index in [1.807, 2.05) is 0 Å². The molecule has 2 rings (SSSR count). The van der Waals surface area contributed by atoms with Gasteiger partial charge in [0.1, 0.15) is 0 Å². The van der Waals surface area contributed by atoms with Crippen molar-refractivity contribution in [2.75, 3.05) is 13.1 Å². The molecule has 2 aliphatic rings. The van der Waals surface area contributed by atoms with Gasteiger partial charge in [-0.3, -0.25) is 4.90 Å². The lowest BCUT2D eigenvalue weighted by molar-refractivity contribution is 0.129. The Bertz CT molecular complexity index is 126. The van der Waals surface area contributed by atoms with E-state index < -0.39 is 0 Å². The zero-order valence-electron chi connectivity index (χ0n) is 6.03. The van der Waals surface area contributed by atoms with Crippen LogP contribution in [0.15, 0.2) is 0 Å². The maximum Gasteiger partial charge on any atom is 0.0722 e. The molecule has 2 saturated heterocycles. The highest BCUT2D eigenvalue weighted by Crippen LogP contribution is 2.26. The summed E-state index contributed by atoms with van der Waals surface area (Å²) in [5.74, 6) is 0. The molecule has 0 aliphatic carbocycles. The lowest BCUT2D eigenvalue weighted by Gasteiger charge is -2.19. The van der Waals surface area contributed by atoms with E-state index in [0.29, 0.717) is 0 Å². The highest BCUT2D eigenvalue weighted by molar-refractivity contribution is 4.98. The summed E-state index contributed by atoms with van der Waals surface area (Å²) in [5.41, 5.74) is 5.81. The van der Waals surface area contributed by atoms with Crippen molar-refractivity contribution >= 4 is 0 Å². The van der Waals surface area contributed by atoms with E-state index in [4.69, 9.17) is 5.73 Å². The standard InChI is InChI=1S/C7H14N2O/c8-5-1-3-9-4-2-6(10)7(5)9/h5-7,10H,1-4,8H2. The number of fused-ring (bicyclic) bond motifs is 1. The summed E-state index contributed by atoms with van der Waals surface area (Å²) in [4.78, 5) is 2.30. The van der Waals surface area contributed by atoms with Crippen molar-refractivity contribution in [1.29, 1.82) is 0 Å². The zero-order valence-corrected chi connectivity index (χ0v) is 6.03. The van der Waals surface area contributed by atoms with Crippen molar-refractivity contribution in [2.45, 2.75) is 31.0 Å². The van der Waals surface area contributed by atoms with Gasteiger partial charge in [0.05, 0.1) is 12.1 Å². The number of rotatable bonds is 0. The summed E-state index contributed by atoms with van der Waals surface area (Å²) in [7, 11) is 0. The third-order valence-electron chi connectivity index (χ3n) is 2.72. The predicted molar refractivity (Wildman–Crippen MR) is 38.6 cm³/mol. The van der Waals surface area contributed by atoms with Gasteiger partial charge in [-0.1, -0.05) is 0 Å². The normalized spacial score (nSPS) is 48.0. The number of hydrogen-bond donors (Lipinski definition) is 2. The van der Waals surface area contributed by atoms with Crippen LogP contribution in [-0.4, -0.2) is 41.3 Å². The second kappa shape index (κ2) is 2.19. The van der Waals surface area contributed by atoms with Crippen LogP contribution in [-0.2, 0) is 0 Å². The van der Waals surface area contributed by atoms with E-state index in [9.17, 15) is 5.11 Å². The van der Waals surface area contributed by atoms with Crippen LogP contribution in [0.2, 0.25) is 0 Å². The summed E-state index contributed by atoms with van der Waals surface area (Å²) in [5, 5.41) is 9.45.